The van der Waals surface area contributed by atoms with Crippen LogP contribution in [0.5, 0.6) is 5.75 Å². The predicted molar refractivity (Wildman–Crippen MR) is 95.0 cm³/mol. The number of amides is 1. The highest BCUT2D eigenvalue weighted by molar-refractivity contribution is 9.10. The van der Waals surface area contributed by atoms with Gasteiger partial charge in [0.05, 0.1) is 0 Å². The molecule has 2 aromatic rings. The molecule has 2 rings (SSSR count). The van der Waals surface area contributed by atoms with E-state index in [1.165, 1.54) is 0 Å². The van der Waals surface area contributed by atoms with Crippen LogP contribution in [0.2, 0.25) is 0 Å². The molecule has 0 spiro atoms. The molecule has 126 valence electrons. The van der Waals surface area contributed by atoms with Crippen molar-refractivity contribution >= 4 is 34.2 Å². The van der Waals surface area contributed by atoms with Crippen molar-refractivity contribution in [1.82, 2.24) is 4.90 Å². The maximum Gasteiger partial charge on any atom is 0.289 e. The summed E-state index contributed by atoms with van der Waals surface area (Å²) in [5.41, 5.74) is 5.57. The minimum Gasteiger partial charge on any atom is -0.486 e. The lowest BCUT2D eigenvalue weighted by molar-refractivity contribution is 0.0712. The van der Waals surface area contributed by atoms with Gasteiger partial charge in [-0.15, -0.1) is 12.4 Å². The minimum absolute atomic E-state index is 0. The quantitative estimate of drug-likeness (QED) is 0.802. The topological polar surface area (TPSA) is 68.7 Å². The second-order valence-electron chi connectivity index (χ2n) is 5.01. The van der Waals surface area contributed by atoms with Gasteiger partial charge in [0, 0.05) is 24.1 Å². The molecule has 0 aliphatic carbocycles. The summed E-state index contributed by atoms with van der Waals surface area (Å²) in [4.78, 5) is 13.8. The lowest BCUT2D eigenvalue weighted by Gasteiger charge is -2.22. The zero-order valence-electron chi connectivity index (χ0n) is 13.0. The molecule has 7 heteroatoms. The van der Waals surface area contributed by atoms with Crippen LogP contribution in [0.4, 0.5) is 0 Å². The summed E-state index contributed by atoms with van der Waals surface area (Å²) in [7, 11) is 1.71. The van der Waals surface area contributed by atoms with Crippen LogP contribution in [-0.2, 0) is 6.61 Å². The van der Waals surface area contributed by atoms with Gasteiger partial charge in [0.1, 0.15) is 18.1 Å². The van der Waals surface area contributed by atoms with E-state index in [-0.39, 0.29) is 36.7 Å². The molecule has 0 aliphatic rings. The molecular weight excluding hydrogens is 384 g/mol. The first-order valence-corrected chi connectivity index (χ1v) is 7.75. The SMILES string of the molecule is CC(CN)N(C)C(=O)c1ccc(COc2ccc(Br)cc2)o1.Cl. The Balaban J connectivity index is 0.00000264. The van der Waals surface area contributed by atoms with Crippen molar-refractivity contribution in [3.8, 4) is 5.75 Å². The standard InChI is InChI=1S/C16H19BrN2O3.ClH/c1-11(9-18)19(2)16(20)15-8-7-14(22-15)10-21-13-5-3-12(17)4-6-13;/h3-8,11H,9-10,18H2,1-2H3;1H. The maximum atomic E-state index is 12.2. The molecule has 23 heavy (non-hydrogen) atoms. The van der Waals surface area contributed by atoms with Crippen LogP contribution in [0.15, 0.2) is 45.3 Å². The number of halogens is 2. The second kappa shape index (κ2) is 8.96. The molecule has 0 bridgehead atoms. The van der Waals surface area contributed by atoms with Crippen LogP contribution < -0.4 is 10.5 Å². The van der Waals surface area contributed by atoms with Gasteiger partial charge in [-0.1, -0.05) is 15.9 Å². The third-order valence-electron chi connectivity index (χ3n) is 3.39. The van der Waals surface area contributed by atoms with Gasteiger partial charge in [-0.05, 0) is 43.3 Å². The second-order valence-corrected chi connectivity index (χ2v) is 5.93. The molecule has 1 heterocycles. The van der Waals surface area contributed by atoms with Crippen LogP contribution >= 0.6 is 28.3 Å². The summed E-state index contributed by atoms with van der Waals surface area (Å²) < 4.78 is 12.1. The summed E-state index contributed by atoms with van der Waals surface area (Å²) in [5, 5.41) is 0. The van der Waals surface area contributed by atoms with Crippen LogP contribution in [0.25, 0.3) is 0 Å². The number of hydrogen-bond acceptors (Lipinski definition) is 4. The number of rotatable bonds is 6. The first-order valence-electron chi connectivity index (χ1n) is 6.95. The Labute approximate surface area is 150 Å². The number of nitrogens with two attached hydrogens (primary N) is 1. The molecule has 0 saturated heterocycles. The molecular formula is C16H20BrClN2O3. The van der Waals surface area contributed by atoms with Crippen LogP contribution in [0.3, 0.4) is 0 Å². The van der Waals surface area contributed by atoms with Crippen molar-refractivity contribution in [2.75, 3.05) is 13.6 Å². The Morgan fingerprint density at radius 1 is 1.30 bits per heavy atom. The van der Waals surface area contributed by atoms with E-state index in [4.69, 9.17) is 14.9 Å². The predicted octanol–water partition coefficient (Wildman–Crippen LogP) is 3.46. The van der Waals surface area contributed by atoms with Crippen molar-refractivity contribution in [2.45, 2.75) is 19.6 Å². The Bertz CT molecular complexity index is 631. The van der Waals surface area contributed by atoms with Crippen molar-refractivity contribution in [1.29, 1.82) is 0 Å². The summed E-state index contributed by atoms with van der Waals surface area (Å²) >= 11 is 3.37. The van der Waals surface area contributed by atoms with Crippen LogP contribution in [0.1, 0.15) is 23.2 Å². The molecule has 0 radical (unpaired) electrons. The normalized spacial score (nSPS) is 11.5. The van der Waals surface area contributed by atoms with Crippen molar-refractivity contribution in [3.05, 3.63) is 52.4 Å². The molecule has 1 aromatic heterocycles. The van der Waals surface area contributed by atoms with E-state index in [1.807, 2.05) is 31.2 Å². The average molecular weight is 404 g/mol. The van der Waals surface area contributed by atoms with E-state index in [0.717, 1.165) is 10.2 Å². The van der Waals surface area contributed by atoms with E-state index >= 15 is 0 Å². The molecule has 5 nitrogen and oxygen atoms in total. The van der Waals surface area contributed by atoms with Gasteiger partial charge in [-0.25, -0.2) is 0 Å². The fourth-order valence-corrected chi connectivity index (χ4v) is 2.05. The van der Waals surface area contributed by atoms with E-state index in [1.54, 1.807) is 24.1 Å². The minimum atomic E-state index is -0.187. The van der Waals surface area contributed by atoms with Gasteiger partial charge >= 0.3 is 0 Å². The Hall–Kier alpha value is -1.50. The van der Waals surface area contributed by atoms with Crippen molar-refractivity contribution < 1.29 is 13.9 Å². The molecule has 2 N–H and O–H groups in total. The molecule has 1 atom stereocenters. The highest BCUT2D eigenvalue weighted by Crippen LogP contribution is 2.18. The highest BCUT2D eigenvalue weighted by atomic mass is 79.9. The van der Waals surface area contributed by atoms with Crippen molar-refractivity contribution in [3.63, 3.8) is 0 Å². The van der Waals surface area contributed by atoms with Gasteiger partial charge in [0.25, 0.3) is 5.91 Å². The van der Waals surface area contributed by atoms with E-state index < -0.39 is 0 Å². The maximum absolute atomic E-state index is 12.2. The smallest absolute Gasteiger partial charge is 0.289 e. The number of ether oxygens (including phenoxy) is 1. The molecule has 0 saturated carbocycles. The van der Waals surface area contributed by atoms with Gasteiger partial charge in [0.15, 0.2) is 5.76 Å². The fourth-order valence-electron chi connectivity index (χ4n) is 1.79. The number of hydrogen-bond donors (Lipinski definition) is 1. The number of furan rings is 1. The summed E-state index contributed by atoms with van der Waals surface area (Å²) in [6.07, 6.45) is 0. The van der Waals surface area contributed by atoms with Gasteiger partial charge in [0.2, 0.25) is 0 Å². The molecule has 0 aliphatic heterocycles. The molecule has 0 fully saturated rings. The number of carbonyl (C=O) groups is 1. The lowest BCUT2D eigenvalue weighted by Crippen LogP contribution is -2.39. The zero-order chi connectivity index (χ0) is 16.1. The Morgan fingerprint density at radius 3 is 2.57 bits per heavy atom. The lowest BCUT2D eigenvalue weighted by atomic mass is 10.3. The van der Waals surface area contributed by atoms with Gasteiger partial charge in [-0.2, -0.15) is 0 Å². The summed E-state index contributed by atoms with van der Waals surface area (Å²) in [5.74, 6) is 1.44. The third-order valence-corrected chi connectivity index (χ3v) is 3.92. The van der Waals surface area contributed by atoms with E-state index in [0.29, 0.717) is 12.3 Å². The molecule has 1 unspecified atom stereocenters. The number of nitrogens with zero attached hydrogens (tertiary/aromatic N) is 1. The summed E-state index contributed by atoms with van der Waals surface area (Å²) in [6.45, 7) is 2.56. The number of benzene rings is 1. The average Bonchev–Trinajstić information content (AvgIpc) is 3.01. The van der Waals surface area contributed by atoms with Crippen LogP contribution in [-0.4, -0.2) is 30.4 Å². The van der Waals surface area contributed by atoms with Gasteiger partial charge in [-0.3, -0.25) is 4.79 Å². The van der Waals surface area contributed by atoms with Crippen LogP contribution in [0, 0.1) is 0 Å². The zero-order valence-corrected chi connectivity index (χ0v) is 15.4. The largest absolute Gasteiger partial charge is 0.486 e. The fraction of sp³-hybridized carbons (Fsp3) is 0.312. The third kappa shape index (κ3) is 5.27. The van der Waals surface area contributed by atoms with E-state index in [9.17, 15) is 4.79 Å². The van der Waals surface area contributed by atoms with Gasteiger partial charge < -0.3 is 19.8 Å². The first-order chi connectivity index (χ1) is 10.5. The monoisotopic (exact) mass is 402 g/mol. The first kappa shape index (κ1) is 19.5. The Kier molecular flexibility index (Phi) is 7.61. The highest BCUT2D eigenvalue weighted by Gasteiger charge is 2.19. The summed E-state index contributed by atoms with van der Waals surface area (Å²) in [6, 6.07) is 10.9. The molecule has 1 aromatic carbocycles. The van der Waals surface area contributed by atoms with E-state index in [2.05, 4.69) is 15.9 Å². The molecule has 1 amide bonds. The number of likely N-dealkylation sites (N-methyl/N-ethyl adjacent to an activating group) is 1. The van der Waals surface area contributed by atoms with Crippen molar-refractivity contribution in [2.24, 2.45) is 5.73 Å². The number of carbonyl (C=O) groups excluding carboxylic acids is 1. The Morgan fingerprint density at radius 2 is 1.96 bits per heavy atom.